The standard InChI is InChI=1S/C12H15BrF2N2O3S/c1-4-12(2,3)17-11(18)8-7(14)5-6(13)10(9(8)15)21(16,19)20/h5H,4H2,1-3H3,(H,17,18)(H2,16,19,20). The zero-order valence-electron chi connectivity index (χ0n) is 11.6. The molecule has 0 aliphatic carbocycles. The van der Waals surface area contributed by atoms with Crippen LogP contribution in [-0.4, -0.2) is 19.9 Å². The topological polar surface area (TPSA) is 89.3 Å². The van der Waals surface area contributed by atoms with Crippen molar-refractivity contribution >= 4 is 31.9 Å². The molecule has 0 atom stereocenters. The summed E-state index contributed by atoms with van der Waals surface area (Å²) in [7, 11) is -4.45. The Morgan fingerprint density at radius 1 is 1.43 bits per heavy atom. The molecule has 0 saturated heterocycles. The molecule has 1 aromatic rings. The number of hydrogen-bond acceptors (Lipinski definition) is 3. The van der Waals surface area contributed by atoms with E-state index in [-0.39, 0.29) is 4.47 Å². The van der Waals surface area contributed by atoms with E-state index in [0.717, 1.165) is 0 Å². The van der Waals surface area contributed by atoms with Crippen LogP contribution in [0.4, 0.5) is 8.78 Å². The van der Waals surface area contributed by atoms with Gasteiger partial charge in [-0.3, -0.25) is 4.79 Å². The average Bonchev–Trinajstić information content (AvgIpc) is 2.24. The molecular formula is C12H15BrF2N2O3S. The van der Waals surface area contributed by atoms with Crippen LogP contribution in [0, 0.1) is 11.6 Å². The lowest BCUT2D eigenvalue weighted by Gasteiger charge is -2.25. The van der Waals surface area contributed by atoms with Gasteiger partial charge in [0.1, 0.15) is 16.3 Å². The number of carbonyl (C=O) groups is 1. The molecule has 21 heavy (non-hydrogen) atoms. The number of halogens is 3. The van der Waals surface area contributed by atoms with E-state index in [1.165, 1.54) is 0 Å². The first-order chi connectivity index (χ1) is 9.40. The molecule has 0 bridgehead atoms. The summed E-state index contributed by atoms with van der Waals surface area (Å²) in [6.45, 7) is 5.12. The molecule has 0 aliphatic heterocycles. The Bertz CT molecular complexity index is 690. The summed E-state index contributed by atoms with van der Waals surface area (Å²) in [5.74, 6) is -3.75. The number of nitrogens with one attached hydrogen (secondary N) is 1. The molecule has 1 rings (SSSR count). The highest BCUT2D eigenvalue weighted by Crippen LogP contribution is 2.29. The summed E-state index contributed by atoms with van der Waals surface area (Å²) in [6.07, 6.45) is 0.514. The fourth-order valence-corrected chi connectivity index (χ4v) is 3.23. The SMILES string of the molecule is CCC(C)(C)NC(=O)c1c(F)cc(Br)c(S(N)(=O)=O)c1F. The van der Waals surface area contributed by atoms with Crippen molar-refractivity contribution in [3.63, 3.8) is 0 Å². The predicted octanol–water partition coefficient (Wildman–Crippen LogP) is 2.29. The van der Waals surface area contributed by atoms with Crippen molar-refractivity contribution < 1.29 is 22.0 Å². The first kappa shape index (κ1) is 18.0. The van der Waals surface area contributed by atoms with Crippen LogP contribution in [0.25, 0.3) is 0 Å². The summed E-state index contributed by atoms with van der Waals surface area (Å²) in [5, 5.41) is 7.31. The molecule has 1 amide bonds. The number of sulfonamides is 1. The van der Waals surface area contributed by atoms with Gasteiger partial charge in [0.15, 0.2) is 5.82 Å². The second kappa shape index (κ2) is 5.98. The minimum atomic E-state index is -4.45. The third-order valence-corrected chi connectivity index (χ3v) is 4.83. The lowest BCUT2D eigenvalue weighted by atomic mass is 10.0. The third-order valence-electron chi connectivity index (χ3n) is 2.98. The summed E-state index contributed by atoms with van der Waals surface area (Å²) in [4.78, 5) is 11.1. The molecule has 3 N–H and O–H groups in total. The van der Waals surface area contributed by atoms with Gasteiger partial charge < -0.3 is 5.32 Å². The van der Waals surface area contributed by atoms with Gasteiger partial charge in [0, 0.05) is 10.0 Å². The second-order valence-electron chi connectivity index (χ2n) is 5.09. The van der Waals surface area contributed by atoms with Crippen molar-refractivity contribution in [1.82, 2.24) is 5.32 Å². The van der Waals surface area contributed by atoms with Crippen LogP contribution in [0.15, 0.2) is 15.4 Å². The van der Waals surface area contributed by atoms with Gasteiger partial charge in [0.05, 0.1) is 0 Å². The molecule has 0 aromatic heterocycles. The van der Waals surface area contributed by atoms with Crippen molar-refractivity contribution in [2.45, 2.75) is 37.6 Å². The Morgan fingerprint density at radius 2 is 1.95 bits per heavy atom. The van der Waals surface area contributed by atoms with E-state index in [4.69, 9.17) is 5.14 Å². The number of benzene rings is 1. The fraction of sp³-hybridized carbons (Fsp3) is 0.417. The zero-order valence-corrected chi connectivity index (χ0v) is 14.0. The number of carbonyl (C=O) groups excluding carboxylic acids is 1. The Kier molecular flexibility index (Phi) is 5.12. The van der Waals surface area contributed by atoms with E-state index in [0.29, 0.717) is 12.5 Å². The summed E-state index contributed by atoms with van der Waals surface area (Å²) < 4.78 is 50.4. The molecule has 5 nitrogen and oxygen atoms in total. The molecule has 118 valence electrons. The molecule has 0 spiro atoms. The van der Waals surface area contributed by atoms with Gasteiger partial charge in [-0.15, -0.1) is 0 Å². The second-order valence-corrected chi connectivity index (χ2v) is 7.45. The number of primary sulfonamides is 1. The van der Waals surface area contributed by atoms with Crippen molar-refractivity contribution in [2.75, 3.05) is 0 Å². The van der Waals surface area contributed by atoms with Gasteiger partial charge in [-0.25, -0.2) is 22.3 Å². The highest BCUT2D eigenvalue weighted by molar-refractivity contribution is 9.10. The van der Waals surface area contributed by atoms with E-state index >= 15 is 0 Å². The van der Waals surface area contributed by atoms with Gasteiger partial charge in [0.25, 0.3) is 5.91 Å². The maximum atomic E-state index is 14.2. The minimum Gasteiger partial charge on any atom is -0.347 e. The minimum absolute atomic E-state index is 0.383. The summed E-state index contributed by atoms with van der Waals surface area (Å²) in [5.41, 5.74) is -1.69. The van der Waals surface area contributed by atoms with Crippen molar-refractivity contribution in [1.29, 1.82) is 0 Å². The van der Waals surface area contributed by atoms with Crippen LogP contribution in [-0.2, 0) is 10.0 Å². The number of nitrogens with two attached hydrogens (primary N) is 1. The number of rotatable bonds is 4. The quantitative estimate of drug-likeness (QED) is 0.834. The van der Waals surface area contributed by atoms with Crippen LogP contribution in [0.5, 0.6) is 0 Å². The molecule has 0 aliphatic rings. The molecular weight excluding hydrogens is 370 g/mol. The van der Waals surface area contributed by atoms with E-state index in [9.17, 15) is 22.0 Å². The first-order valence-electron chi connectivity index (χ1n) is 5.93. The maximum Gasteiger partial charge on any atom is 0.257 e. The Morgan fingerprint density at radius 3 is 2.38 bits per heavy atom. The van der Waals surface area contributed by atoms with Crippen LogP contribution in [0.3, 0.4) is 0 Å². The van der Waals surface area contributed by atoms with Crippen LogP contribution in [0.2, 0.25) is 0 Å². The molecule has 0 heterocycles. The number of hydrogen-bond donors (Lipinski definition) is 2. The van der Waals surface area contributed by atoms with Gasteiger partial charge in [0.2, 0.25) is 10.0 Å². The number of amides is 1. The fourth-order valence-electron chi connectivity index (χ4n) is 1.50. The lowest BCUT2D eigenvalue weighted by molar-refractivity contribution is 0.0902. The third kappa shape index (κ3) is 3.98. The summed E-state index contributed by atoms with van der Waals surface area (Å²) in [6, 6.07) is 0.691. The molecule has 0 radical (unpaired) electrons. The maximum absolute atomic E-state index is 14.2. The molecule has 0 saturated carbocycles. The highest BCUT2D eigenvalue weighted by Gasteiger charge is 2.30. The van der Waals surface area contributed by atoms with E-state index in [1.807, 2.05) is 0 Å². The van der Waals surface area contributed by atoms with Crippen molar-refractivity contribution in [3.8, 4) is 0 Å². The molecule has 1 aromatic carbocycles. The van der Waals surface area contributed by atoms with Gasteiger partial charge in [-0.2, -0.15) is 0 Å². The van der Waals surface area contributed by atoms with E-state index in [2.05, 4.69) is 21.2 Å². The Hall–Kier alpha value is -1.06. The molecule has 0 fully saturated rings. The Balaban J connectivity index is 3.48. The first-order valence-corrected chi connectivity index (χ1v) is 8.27. The normalized spacial score (nSPS) is 12.3. The largest absolute Gasteiger partial charge is 0.347 e. The molecule has 0 unspecified atom stereocenters. The van der Waals surface area contributed by atoms with Gasteiger partial charge >= 0.3 is 0 Å². The lowest BCUT2D eigenvalue weighted by Crippen LogP contribution is -2.43. The van der Waals surface area contributed by atoms with Crippen LogP contribution in [0.1, 0.15) is 37.6 Å². The van der Waals surface area contributed by atoms with Crippen molar-refractivity contribution in [3.05, 3.63) is 27.7 Å². The highest BCUT2D eigenvalue weighted by atomic mass is 79.9. The smallest absolute Gasteiger partial charge is 0.257 e. The molecule has 9 heteroatoms. The van der Waals surface area contributed by atoms with Crippen molar-refractivity contribution in [2.24, 2.45) is 5.14 Å². The van der Waals surface area contributed by atoms with E-state index < -0.39 is 43.6 Å². The van der Waals surface area contributed by atoms with Gasteiger partial charge in [-0.1, -0.05) is 6.92 Å². The Labute approximate surface area is 130 Å². The summed E-state index contributed by atoms with van der Waals surface area (Å²) >= 11 is 2.72. The van der Waals surface area contributed by atoms with Crippen LogP contribution >= 0.6 is 15.9 Å². The predicted molar refractivity (Wildman–Crippen MR) is 77.3 cm³/mol. The average molecular weight is 385 g/mol. The zero-order chi connectivity index (χ0) is 16.6. The van der Waals surface area contributed by atoms with Gasteiger partial charge in [-0.05, 0) is 42.3 Å². The van der Waals surface area contributed by atoms with E-state index in [1.54, 1.807) is 20.8 Å². The monoisotopic (exact) mass is 384 g/mol. The van der Waals surface area contributed by atoms with Crippen LogP contribution < -0.4 is 10.5 Å².